The second-order valence-corrected chi connectivity index (χ2v) is 6.19. The summed E-state index contributed by atoms with van der Waals surface area (Å²) in [5.74, 6) is 0.166. The van der Waals surface area contributed by atoms with Gasteiger partial charge < -0.3 is 9.64 Å². The fraction of sp³-hybridized carbons (Fsp3) is 0.529. The van der Waals surface area contributed by atoms with E-state index < -0.39 is 0 Å². The molecule has 0 radical (unpaired) electrons. The Labute approximate surface area is 125 Å². The van der Waals surface area contributed by atoms with Crippen LogP contribution in [-0.4, -0.2) is 37.0 Å². The number of benzene rings is 1. The van der Waals surface area contributed by atoms with Crippen molar-refractivity contribution in [3.63, 3.8) is 0 Å². The lowest BCUT2D eigenvalue weighted by molar-refractivity contribution is -0.143. The van der Waals surface area contributed by atoms with Gasteiger partial charge in [-0.15, -0.1) is 0 Å². The Balaban J connectivity index is 1.52. The predicted molar refractivity (Wildman–Crippen MR) is 78.5 cm³/mol. The molecule has 1 aliphatic heterocycles. The summed E-state index contributed by atoms with van der Waals surface area (Å²) in [5.41, 5.74) is 1.18. The van der Waals surface area contributed by atoms with Crippen molar-refractivity contribution >= 4 is 11.9 Å². The minimum absolute atomic E-state index is 0.0638. The van der Waals surface area contributed by atoms with Crippen molar-refractivity contribution in [3.05, 3.63) is 35.9 Å². The van der Waals surface area contributed by atoms with Gasteiger partial charge in [-0.1, -0.05) is 30.3 Å². The highest BCUT2D eigenvalue weighted by molar-refractivity contribution is 5.79. The van der Waals surface area contributed by atoms with E-state index in [0.29, 0.717) is 6.42 Å². The van der Waals surface area contributed by atoms with Crippen molar-refractivity contribution in [3.8, 4) is 0 Å². The first kappa shape index (κ1) is 14.1. The molecule has 1 amide bonds. The third-order valence-electron chi connectivity index (χ3n) is 4.99. The number of nitrogens with zero attached hydrogens (tertiary/aromatic N) is 1. The molecule has 1 atom stereocenters. The monoisotopic (exact) mass is 287 g/mol. The van der Waals surface area contributed by atoms with Gasteiger partial charge in [-0.05, 0) is 30.2 Å². The minimum atomic E-state index is -0.0842. The second-order valence-electron chi connectivity index (χ2n) is 6.19. The third kappa shape index (κ3) is 2.80. The normalized spacial score (nSPS) is 22.9. The molecule has 4 heteroatoms. The van der Waals surface area contributed by atoms with E-state index in [4.69, 9.17) is 4.74 Å². The van der Waals surface area contributed by atoms with Gasteiger partial charge in [0.05, 0.1) is 19.4 Å². The molecule has 3 rings (SSSR count). The van der Waals surface area contributed by atoms with Crippen LogP contribution in [0, 0.1) is 11.3 Å². The van der Waals surface area contributed by atoms with Gasteiger partial charge in [-0.2, -0.15) is 0 Å². The van der Waals surface area contributed by atoms with Gasteiger partial charge in [0.1, 0.15) is 0 Å². The zero-order valence-electron chi connectivity index (χ0n) is 12.4. The molecule has 0 N–H and O–H groups in total. The van der Waals surface area contributed by atoms with Crippen LogP contribution in [0.3, 0.4) is 0 Å². The van der Waals surface area contributed by atoms with Crippen LogP contribution in [0.4, 0.5) is 0 Å². The Bertz CT molecular complexity index is 532. The third-order valence-corrected chi connectivity index (χ3v) is 4.99. The number of carbonyl (C=O) groups excluding carboxylic acids is 2. The first-order chi connectivity index (χ1) is 10.1. The number of ether oxygens (including phenoxy) is 1. The number of esters is 1. The summed E-state index contributed by atoms with van der Waals surface area (Å²) >= 11 is 0. The van der Waals surface area contributed by atoms with Gasteiger partial charge in [-0.3, -0.25) is 9.59 Å². The average Bonchev–Trinajstić information content (AvgIpc) is 3.21. The largest absolute Gasteiger partial charge is 0.469 e. The molecule has 0 aromatic heterocycles. The van der Waals surface area contributed by atoms with Crippen LogP contribution in [0.15, 0.2) is 30.3 Å². The highest BCUT2D eigenvalue weighted by Crippen LogP contribution is 2.59. The molecule has 1 aromatic rings. The average molecular weight is 287 g/mol. The molecule has 1 spiro atoms. The van der Waals surface area contributed by atoms with Crippen molar-refractivity contribution in [2.75, 3.05) is 20.2 Å². The van der Waals surface area contributed by atoms with E-state index in [-0.39, 0.29) is 23.2 Å². The molecule has 112 valence electrons. The number of carbonyl (C=O) groups is 2. The zero-order valence-corrected chi connectivity index (χ0v) is 12.4. The van der Waals surface area contributed by atoms with Crippen LogP contribution in [0.1, 0.15) is 24.8 Å². The summed E-state index contributed by atoms with van der Waals surface area (Å²) in [6.45, 7) is 1.53. The van der Waals surface area contributed by atoms with Crippen molar-refractivity contribution in [1.29, 1.82) is 0 Å². The van der Waals surface area contributed by atoms with E-state index >= 15 is 0 Å². The molecule has 4 nitrogen and oxygen atoms in total. The molecule has 1 aliphatic carbocycles. The lowest BCUT2D eigenvalue weighted by Gasteiger charge is -2.32. The molecule has 0 bridgehead atoms. The van der Waals surface area contributed by atoms with Crippen LogP contribution in [0.25, 0.3) is 0 Å². The molecular formula is C17H21NO3. The van der Waals surface area contributed by atoms with Gasteiger partial charge in [0.25, 0.3) is 0 Å². The number of hydrogen-bond donors (Lipinski definition) is 0. The van der Waals surface area contributed by atoms with Crippen LogP contribution < -0.4 is 0 Å². The lowest BCUT2D eigenvalue weighted by Crippen LogP contribution is -2.40. The standard InChI is InChI=1S/C17H21NO3/c1-21-16(20)14-12-17(14)7-9-18(10-8-17)15(19)11-13-5-3-2-4-6-13/h2-6,14H,7-12H2,1H3/t14-/m0/s1. The molecule has 1 saturated heterocycles. The highest BCUT2D eigenvalue weighted by atomic mass is 16.5. The number of likely N-dealkylation sites (tertiary alicyclic amines) is 1. The molecule has 21 heavy (non-hydrogen) atoms. The maximum atomic E-state index is 12.3. The number of methoxy groups -OCH3 is 1. The Morgan fingerprint density at radius 1 is 1.24 bits per heavy atom. The van der Waals surface area contributed by atoms with Crippen molar-refractivity contribution in [2.45, 2.75) is 25.7 Å². The van der Waals surface area contributed by atoms with Crippen LogP contribution >= 0.6 is 0 Å². The van der Waals surface area contributed by atoms with E-state index in [1.807, 2.05) is 35.2 Å². The Morgan fingerprint density at radius 2 is 1.90 bits per heavy atom. The molecular weight excluding hydrogens is 266 g/mol. The van der Waals surface area contributed by atoms with Crippen LogP contribution in [-0.2, 0) is 20.7 Å². The van der Waals surface area contributed by atoms with Gasteiger partial charge in [0, 0.05) is 13.1 Å². The van der Waals surface area contributed by atoms with E-state index in [1.165, 1.54) is 7.11 Å². The molecule has 1 saturated carbocycles. The minimum Gasteiger partial charge on any atom is -0.469 e. The van der Waals surface area contributed by atoms with Crippen molar-refractivity contribution in [1.82, 2.24) is 4.90 Å². The summed E-state index contributed by atoms with van der Waals surface area (Å²) in [6.07, 6.45) is 3.25. The molecule has 1 aromatic carbocycles. The Kier molecular flexibility index (Phi) is 3.70. The van der Waals surface area contributed by atoms with Crippen molar-refractivity contribution < 1.29 is 14.3 Å². The predicted octanol–water partition coefficient (Wildman–Crippen LogP) is 2.03. The van der Waals surface area contributed by atoms with Gasteiger partial charge in [0.15, 0.2) is 0 Å². The van der Waals surface area contributed by atoms with E-state index in [9.17, 15) is 9.59 Å². The SMILES string of the molecule is COC(=O)[C@@H]1CC12CCN(C(=O)Cc1ccccc1)CC2. The molecule has 1 heterocycles. The molecule has 2 aliphatic rings. The number of amides is 1. The molecule has 2 fully saturated rings. The quantitative estimate of drug-likeness (QED) is 0.799. The maximum Gasteiger partial charge on any atom is 0.309 e. The Morgan fingerprint density at radius 3 is 2.52 bits per heavy atom. The van der Waals surface area contributed by atoms with Crippen LogP contribution in [0.5, 0.6) is 0 Å². The number of piperidine rings is 1. The second kappa shape index (κ2) is 5.51. The van der Waals surface area contributed by atoms with E-state index in [0.717, 1.165) is 37.9 Å². The summed E-state index contributed by atoms with van der Waals surface area (Å²) in [6, 6.07) is 9.84. The summed E-state index contributed by atoms with van der Waals surface area (Å²) in [5, 5.41) is 0. The van der Waals surface area contributed by atoms with Gasteiger partial charge in [-0.25, -0.2) is 0 Å². The highest BCUT2D eigenvalue weighted by Gasteiger charge is 2.59. The van der Waals surface area contributed by atoms with Gasteiger partial charge in [0.2, 0.25) is 5.91 Å². The van der Waals surface area contributed by atoms with E-state index in [2.05, 4.69) is 0 Å². The number of rotatable bonds is 3. The maximum absolute atomic E-state index is 12.3. The number of hydrogen-bond acceptors (Lipinski definition) is 3. The van der Waals surface area contributed by atoms with Crippen LogP contribution in [0.2, 0.25) is 0 Å². The van der Waals surface area contributed by atoms with E-state index in [1.54, 1.807) is 0 Å². The van der Waals surface area contributed by atoms with Gasteiger partial charge >= 0.3 is 5.97 Å². The first-order valence-corrected chi connectivity index (χ1v) is 7.54. The topological polar surface area (TPSA) is 46.6 Å². The zero-order chi connectivity index (χ0) is 14.9. The fourth-order valence-corrected chi connectivity index (χ4v) is 3.46. The summed E-state index contributed by atoms with van der Waals surface area (Å²) in [7, 11) is 1.45. The smallest absolute Gasteiger partial charge is 0.309 e. The summed E-state index contributed by atoms with van der Waals surface area (Å²) < 4.78 is 4.84. The molecule has 0 unspecified atom stereocenters. The summed E-state index contributed by atoms with van der Waals surface area (Å²) in [4.78, 5) is 25.8. The Hall–Kier alpha value is -1.84. The van der Waals surface area contributed by atoms with Crippen molar-refractivity contribution in [2.24, 2.45) is 11.3 Å². The fourth-order valence-electron chi connectivity index (χ4n) is 3.46. The first-order valence-electron chi connectivity index (χ1n) is 7.54. The lowest BCUT2D eigenvalue weighted by atomic mass is 9.90.